The second kappa shape index (κ2) is 7.94. The van der Waals surface area contributed by atoms with E-state index in [1.54, 1.807) is 17.0 Å². The number of rotatable bonds is 4. The zero-order valence-corrected chi connectivity index (χ0v) is 13.6. The van der Waals surface area contributed by atoms with Gasteiger partial charge < -0.3 is 15.5 Å². The van der Waals surface area contributed by atoms with Crippen LogP contribution >= 0.6 is 0 Å². The number of benzene rings is 1. The maximum Gasteiger partial charge on any atom is 0.321 e. The molecule has 0 aliphatic carbocycles. The number of carbonyl (C=O) groups excluding carboxylic acids is 2. The highest BCUT2D eigenvalue weighted by molar-refractivity contribution is 5.89. The molecule has 1 heterocycles. The highest BCUT2D eigenvalue weighted by Gasteiger charge is 2.23. The summed E-state index contributed by atoms with van der Waals surface area (Å²) < 4.78 is 12.8. The van der Waals surface area contributed by atoms with Crippen molar-refractivity contribution in [2.45, 2.75) is 26.7 Å². The van der Waals surface area contributed by atoms with Crippen molar-refractivity contribution >= 4 is 17.6 Å². The van der Waals surface area contributed by atoms with Gasteiger partial charge >= 0.3 is 6.03 Å². The number of piperidine rings is 1. The topological polar surface area (TPSA) is 61.4 Å². The Morgan fingerprint density at radius 1 is 1.22 bits per heavy atom. The minimum absolute atomic E-state index is 0.00317. The van der Waals surface area contributed by atoms with Gasteiger partial charge in [0, 0.05) is 31.2 Å². The number of amides is 3. The van der Waals surface area contributed by atoms with Crippen LogP contribution in [0.5, 0.6) is 0 Å². The number of hydrogen-bond donors (Lipinski definition) is 2. The van der Waals surface area contributed by atoms with Gasteiger partial charge in [-0.05, 0) is 43.0 Å². The molecule has 1 fully saturated rings. The predicted molar refractivity (Wildman–Crippen MR) is 87.6 cm³/mol. The van der Waals surface area contributed by atoms with Crippen LogP contribution in [0, 0.1) is 17.7 Å². The molecule has 1 saturated heterocycles. The zero-order chi connectivity index (χ0) is 16.8. The Kier molecular flexibility index (Phi) is 5.96. The quantitative estimate of drug-likeness (QED) is 0.896. The van der Waals surface area contributed by atoms with Gasteiger partial charge in [-0.2, -0.15) is 0 Å². The Labute approximate surface area is 136 Å². The number of nitrogens with zero attached hydrogens (tertiary/aromatic N) is 1. The van der Waals surface area contributed by atoms with Crippen LogP contribution in [0.2, 0.25) is 0 Å². The van der Waals surface area contributed by atoms with Crippen LogP contribution in [-0.4, -0.2) is 36.5 Å². The van der Waals surface area contributed by atoms with Gasteiger partial charge in [-0.3, -0.25) is 4.79 Å². The molecule has 1 aliphatic heterocycles. The lowest BCUT2D eigenvalue weighted by molar-refractivity contribution is -0.124. The van der Waals surface area contributed by atoms with E-state index >= 15 is 0 Å². The van der Waals surface area contributed by atoms with Crippen LogP contribution in [0.1, 0.15) is 26.7 Å². The van der Waals surface area contributed by atoms with Crippen LogP contribution in [0.3, 0.4) is 0 Å². The van der Waals surface area contributed by atoms with Gasteiger partial charge in [0.15, 0.2) is 0 Å². The first-order valence-electron chi connectivity index (χ1n) is 8.05. The maximum atomic E-state index is 12.8. The number of anilines is 1. The summed E-state index contributed by atoms with van der Waals surface area (Å²) in [4.78, 5) is 25.5. The number of halogens is 1. The minimum Gasteiger partial charge on any atom is -0.356 e. The lowest BCUT2D eigenvalue weighted by Gasteiger charge is -2.32. The molecule has 126 valence electrons. The second-order valence-electron chi connectivity index (χ2n) is 6.27. The van der Waals surface area contributed by atoms with E-state index in [4.69, 9.17) is 0 Å². The monoisotopic (exact) mass is 321 g/mol. The fourth-order valence-corrected chi connectivity index (χ4v) is 2.52. The first-order chi connectivity index (χ1) is 11.0. The fraction of sp³-hybridized carbons (Fsp3) is 0.529. The van der Waals surface area contributed by atoms with E-state index in [1.165, 1.54) is 12.1 Å². The van der Waals surface area contributed by atoms with Crippen LogP contribution < -0.4 is 10.6 Å². The molecule has 3 amide bonds. The van der Waals surface area contributed by atoms with Crippen LogP contribution in [-0.2, 0) is 4.79 Å². The molecule has 0 unspecified atom stereocenters. The number of hydrogen-bond acceptors (Lipinski definition) is 2. The van der Waals surface area contributed by atoms with Crippen molar-refractivity contribution in [3.63, 3.8) is 0 Å². The summed E-state index contributed by atoms with van der Waals surface area (Å²) in [7, 11) is 0. The fourth-order valence-electron chi connectivity index (χ4n) is 2.52. The van der Waals surface area contributed by atoms with Gasteiger partial charge in [-0.25, -0.2) is 9.18 Å². The van der Waals surface area contributed by atoms with Crippen LogP contribution in [0.4, 0.5) is 14.9 Å². The third kappa shape index (κ3) is 5.23. The molecular weight excluding hydrogens is 297 g/mol. The standard InChI is InChI=1S/C17H24FN3O2/c1-12(2)16(22)19-11-13-7-9-21(10-8-13)17(23)20-15-5-3-14(18)4-6-15/h3-6,12-13H,7-11H2,1-2H3,(H,19,22)(H,20,23). The number of urea groups is 1. The van der Waals surface area contributed by atoms with E-state index in [0.29, 0.717) is 31.2 Å². The molecule has 0 aromatic heterocycles. The van der Waals surface area contributed by atoms with Gasteiger partial charge in [-0.1, -0.05) is 13.8 Å². The third-order valence-corrected chi connectivity index (χ3v) is 4.09. The van der Waals surface area contributed by atoms with Crippen molar-refractivity contribution < 1.29 is 14.0 Å². The molecule has 6 heteroatoms. The van der Waals surface area contributed by atoms with E-state index in [0.717, 1.165) is 12.8 Å². The van der Waals surface area contributed by atoms with Crippen molar-refractivity contribution in [3.8, 4) is 0 Å². The summed E-state index contributed by atoms with van der Waals surface area (Å²) in [6.45, 7) is 5.74. The Hall–Kier alpha value is -2.11. The number of likely N-dealkylation sites (tertiary alicyclic amines) is 1. The first kappa shape index (κ1) is 17.2. The van der Waals surface area contributed by atoms with Crippen molar-refractivity contribution in [3.05, 3.63) is 30.1 Å². The third-order valence-electron chi connectivity index (χ3n) is 4.09. The largest absolute Gasteiger partial charge is 0.356 e. The summed E-state index contributed by atoms with van der Waals surface area (Å²) in [5, 5.41) is 5.72. The molecule has 23 heavy (non-hydrogen) atoms. The van der Waals surface area contributed by atoms with E-state index in [9.17, 15) is 14.0 Å². The lowest BCUT2D eigenvalue weighted by atomic mass is 9.97. The SMILES string of the molecule is CC(C)C(=O)NCC1CCN(C(=O)Nc2ccc(F)cc2)CC1. The lowest BCUT2D eigenvalue weighted by Crippen LogP contribution is -2.43. The highest BCUT2D eigenvalue weighted by atomic mass is 19.1. The smallest absolute Gasteiger partial charge is 0.321 e. The summed E-state index contributed by atoms with van der Waals surface area (Å²) in [6, 6.07) is 5.56. The Balaban J connectivity index is 1.74. The summed E-state index contributed by atoms with van der Waals surface area (Å²) in [6.07, 6.45) is 1.74. The molecule has 2 rings (SSSR count). The second-order valence-corrected chi connectivity index (χ2v) is 6.27. The average molecular weight is 321 g/mol. The van der Waals surface area contributed by atoms with Gasteiger partial charge in [0.2, 0.25) is 5.91 Å². The molecule has 2 N–H and O–H groups in total. The van der Waals surface area contributed by atoms with Gasteiger partial charge in [0.1, 0.15) is 5.82 Å². The Morgan fingerprint density at radius 2 is 1.83 bits per heavy atom. The molecule has 5 nitrogen and oxygen atoms in total. The van der Waals surface area contributed by atoms with Crippen molar-refractivity contribution in [1.29, 1.82) is 0 Å². The first-order valence-corrected chi connectivity index (χ1v) is 8.05. The van der Waals surface area contributed by atoms with Crippen molar-refractivity contribution in [2.24, 2.45) is 11.8 Å². The molecule has 1 aromatic rings. The van der Waals surface area contributed by atoms with Crippen molar-refractivity contribution in [2.75, 3.05) is 25.0 Å². The summed E-state index contributed by atoms with van der Waals surface area (Å²) in [5.74, 6) is 0.151. The molecule has 0 bridgehead atoms. The summed E-state index contributed by atoms with van der Waals surface area (Å²) in [5.41, 5.74) is 0.586. The van der Waals surface area contributed by atoms with E-state index in [-0.39, 0.29) is 23.7 Å². The van der Waals surface area contributed by atoms with E-state index < -0.39 is 0 Å². The summed E-state index contributed by atoms with van der Waals surface area (Å²) >= 11 is 0. The average Bonchev–Trinajstić information content (AvgIpc) is 2.55. The van der Waals surface area contributed by atoms with Gasteiger partial charge in [-0.15, -0.1) is 0 Å². The van der Waals surface area contributed by atoms with Gasteiger partial charge in [0.05, 0.1) is 0 Å². The zero-order valence-electron chi connectivity index (χ0n) is 13.6. The Bertz CT molecular complexity index is 537. The van der Waals surface area contributed by atoms with Crippen LogP contribution in [0.15, 0.2) is 24.3 Å². The predicted octanol–water partition coefficient (Wildman–Crippen LogP) is 2.84. The normalized spacial score (nSPS) is 15.6. The highest BCUT2D eigenvalue weighted by Crippen LogP contribution is 2.18. The molecule has 1 aliphatic rings. The molecule has 0 radical (unpaired) electrons. The maximum absolute atomic E-state index is 12.8. The number of carbonyl (C=O) groups is 2. The number of nitrogens with one attached hydrogen (secondary N) is 2. The molecular formula is C17H24FN3O2. The molecule has 0 atom stereocenters. The van der Waals surface area contributed by atoms with E-state index in [1.807, 2.05) is 13.8 Å². The van der Waals surface area contributed by atoms with Gasteiger partial charge in [0.25, 0.3) is 0 Å². The minimum atomic E-state index is -0.327. The molecule has 0 saturated carbocycles. The van der Waals surface area contributed by atoms with E-state index in [2.05, 4.69) is 10.6 Å². The molecule has 1 aromatic carbocycles. The van der Waals surface area contributed by atoms with Crippen LogP contribution in [0.25, 0.3) is 0 Å². The van der Waals surface area contributed by atoms with Crippen molar-refractivity contribution in [1.82, 2.24) is 10.2 Å². The molecule has 0 spiro atoms. The Morgan fingerprint density at radius 3 is 2.39 bits per heavy atom.